The lowest BCUT2D eigenvalue weighted by Crippen LogP contribution is -2.52. The van der Waals surface area contributed by atoms with E-state index in [-0.39, 0.29) is 0 Å². The highest BCUT2D eigenvalue weighted by Gasteiger charge is 2.43. The molecule has 1 saturated carbocycles. The summed E-state index contributed by atoms with van der Waals surface area (Å²) in [7, 11) is 0. The Hall–Kier alpha value is -2.12. The monoisotopic (exact) mass is 344 g/mol. The van der Waals surface area contributed by atoms with Gasteiger partial charge in [0.1, 0.15) is 12.2 Å². The first-order valence-electron chi connectivity index (χ1n) is 7.89. The van der Waals surface area contributed by atoms with Crippen LogP contribution < -0.4 is 0 Å². The molecule has 0 saturated heterocycles. The zero-order chi connectivity index (χ0) is 18.3. The Morgan fingerprint density at radius 2 is 0.875 bits per heavy atom. The molecule has 0 heterocycles. The Morgan fingerprint density at radius 3 is 1.12 bits per heavy atom. The van der Waals surface area contributed by atoms with Crippen molar-refractivity contribution in [2.75, 3.05) is 0 Å². The Labute approximate surface area is 140 Å². The molecule has 1 fully saturated rings. The maximum absolute atomic E-state index is 11.5. The molecule has 0 aromatic heterocycles. The summed E-state index contributed by atoms with van der Waals surface area (Å²) in [5.41, 5.74) is 0. The average molecular weight is 344 g/mol. The molecule has 0 aliphatic heterocycles. The van der Waals surface area contributed by atoms with Crippen molar-refractivity contribution in [1.82, 2.24) is 0 Å². The first-order valence-corrected chi connectivity index (χ1v) is 7.89. The molecule has 0 aromatic carbocycles. The van der Waals surface area contributed by atoms with Crippen LogP contribution in [0, 0.1) is 0 Å². The van der Waals surface area contributed by atoms with Crippen LogP contribution in [0.2, 0.25) is 0 Å². The van der Waals surface area contributed by atoms with Crippen molar-refractivity contribution in [1.29, 1.82) is 0 Å². The molecule has 0 unspecified atom stereocenters. The van der Waals surface area contributed by atoms with Crippen molar-refractivity contribution < 1.29 is 38.1 Å². The van der Waals surface area contributed by atoms with E-state index in [0.29, 0.717) is 25.7 Å². The predicted molar refractivity (Wildman–Crippen MR) is 80.7 cm³/mol. The summed E-state index contributed by atoms with van der Waals surface area (Å²) in [6, 6.07) is 0. The van der Waals surface area contributed by atoms with Gasteiger partial charge in [0.15, 0.2) is 12.2 Å². The van der Waals surface area contributed by atoms with Gasteiger partial charge >= 0.3 is 23.9 Å². The van der Waals surface area contributed by atoms with E-state index in [1.807, 2.05) is 0 Å². The van der Waals surface area contributed by atoms with Gasteiger partial charge in [-0.25, -0.2) is 0 Å². The third-order valence-electron chi connectivity index (χ3n) is 3.52. The SMILES string of the molecule is CC(=O)O[C@@H]1[C@@H](OC(C)=O)[C@H](OC(C)=O)CCCC[C@@H]1OC(C)=O. The molecule has 136 valence electrons. The van der Waals surface area contributed by atoms with Crippen LogP contribution in [0.5, 0.6) is 0 Å². The molecule has 1 aliphatic carbocycles. The quantitative estimate of drug-likeness (QED) is 0.555. The lowest BCUT2D eigenvalue weighted by atomic mass is 9.91. The van der Waals surface area contributed by atoms with Crippen molar-refractivity contribution in [3.8, 4) is 0 Å². The van der Waals surface area contributed by atoms with Crippen LogP contribution in [0.1, 0.15) is 53.4 Å². The maximum Gasteiger partial charge on any atom is 0.303 e. The molecule has 0 amide bonds. The second-order valence-electron chi connectivity index (χ2n) is 5.73. The van der Waals surface area contributed by atoms with Crippen LogP contribution in [-0.4, -0.2) is 48.3 Å². The minimum absolute atomic E-state index is 0.447. The Bertz CT molecular complexity index is 442. The first-order chi connectivity index (χ1) is 11.2. The topological polar surface area (TPSA) is 105 Å². The van der Waals surface area contributed by atoms with E-state index in [0.717, 1.165) is 0 Å². The highest BCUT2D eigenvalue weighted by atomic mass is 16.6. The summed E-state index contributed by atoms with van der Waals surface area (Å²) in [5.74, 6) is -2.31. The van der Waals surface area contributed by atoms with Crippen molar-refractivity contribution in [2.45, 2.75) is 77.8 Å². The zero-order valence-electron chi connectivity index (χ0n) is 14.4. The van der Waals surface area contributed by atoms with Crippen molar-refractivity contribution in [2.24, 2.45) is 0 Å². The standard InChI is InChI=1S/C16H24O8/c1-9(17)21-13-7-5-6-8-14(22-10(2)18)16(24-12(4)20)15(13)23-11(3)19/h13-16H,5-8H2,1-4H3/t13-,14+,15-,16-/m0/s1. The molecule has 24 heavy (non-hydrogen) atoms. The number of hydrogen-bond donors (Lipinski definition) is 0. The number of carbonyl (C=O) groups excluding carboxylic acids is 4. The van der Waals surface area contributed by atoms with E-state index in [1.165, 1.54) is 27.7 Å². The summed E-state index contributed by atoms with van der Waals surface area (Å²) >= 11 is 0. The van der Waals surface area contributed by atoms with Gasteiger partial charge in [-0.15, -0.1) is 0 Å². The highest BCUT2D eigenvalue weighted by molar-refractivity contribution is 5.69. The smallest absolute Gasteiger partial charge is 0.303 e. The molecule has 0 radical (unpaired) electrons. The Kier molecular flexibility index (Phi) is 7.67. The van der Waals surface area contributed by atoms with Crippen LogP contribution in [0.3, 0.4) is 0 Å². The van der Waals surface area contributed by atoms with Crippen molar-refractivity contribution in [3.63, 3.8) is 0 Å². The van der Waals surface area contributed by atoms with Gasteiger partial charge in [0.05, 0.1) is 0 Å². The Balaban J connectivity index is 3.19. The van der Waals surface area contributed by atoms with Gasteiger partial charge in [-0.1, -0.05) is 0 Å². The van der Waals surface area contributed by atoms with Crippen LogP contribution in [0.15, 0.2) is 0 Å². The molecule has 0 spiro atoms. The molecular weight excluding hydrogens is 320 g/mol. The highest BCUT2D eigenvalue weighted by Crippen LogP contribution is 2.28. The summed E-state index contributed by atoms with van der Waals surface area (Å²) in [6.07, 6.45) is -1.40. The van der Waals surface area contributed by atoms with Gasteiger partial charge in [0, 0.05) is 27.7 Å². The molecule has 1 rings (SSSR count). The van der Waals surface area contributed by atoms with E-state index in [2.05, 4.69) is 0 Å². The normalized spacial score (nSPS) is 27.2. The summed E-state index contributed by atoms with van der Waals surface area (Å²) in [5, 5.41) is 0. The minimum atomic E-state index is -1.04. The minimum Gasteiger partial charge on any atom is -0.458 e. The predicted octanol–water partition coefficient (Wildman–Crippen LogP) is 1.29. The number of carbonyl (C=O) groups is 4. The zero-order valence-corrected chi connectivity index (χ0v) is 14.4. The van der Waals surface area contributed by atoms with E-state index in [9.17, 15) is 19.2 Å². The number of ether oxygens (including phenoxy) is 4. The maximum atomic E-state index is 11.5. The first kappa shape index (κ1) is 19.9. The summed E-state index contributed by atoms with van der Waals surface area (Å²) in [4.78, 5) is 45.7. The number of esters is 4. The lowest BCUT2D eigenvalue weighted by molar-refractivity contribution is -0.201. The van der Waals surface area contributed by atoms with Gasteiger partial charge in [0.2, 0.25) is 0 Å². The molecular formula is C16H24O8. The number of hydrogen-bond acceptors (Lipinski definition) is 8. The van der Waals surface area contributed by atoms with Gasteiger partial charge in [-0.05, 0) is 25.7 Å². The number of rotatable bonds is 4. The van der Waals surface area contributed by atoms with Crippen LogP contribution in [0.25, 0.3) is 0 Å². The van der Waals surface area contributed by atoms with E-state index < -0.39 is 48.3 Å². The van der Waals surface area contributed by atoms with Gasteiger partial charge in [0.25, 0.3) is 0 Å². The van der Waals surface area contributed by atoms with Crippen LogP contribution >= 0.6 is 0 Å². The third-order valence-corrected chi connectivity index (χ3v) is 3.52. The molecule has 8 nitrogen and oxygen atoms in total. The molecule has 0 bridgehead atoms. The molecule has 0 N–H and O–H groups in total. The molecule has 8 heteroatoms. The second-order valence-corrected chi connectivity index (χ2v) is 5.73. The lowest BCUT2D eigenvalue weighted by Gasteiger charge is -2.37. The van der Waals surface area contributed by atoms with Gasteiger partial charge < -0.3 is 18.9 Å². The van der Waals surface area contributed by atoms with Crippen LogP contribution in [0.4, 0.5) is 0 Å². The van der Waals surface area contributed by atoms with Crippen molar-refractivity contribution in [3.05, 3.63) is 0 Å². The fourth-order valence-corrected chi connectivity index (χ4v) is 2.79. The van der Waals surface area contributed by atoms with Gasteiger partial charge in [-0.2, -0.15) is 0 Å². The van der Waals surface area contributed by atoms with E-state index in [1.54, 1.807) is 0 Å². The molecule has 0 aromatic rings. The third kappa shape index (κ3) is 6.55. The van der Waals surface area contributed by atoms with Gasteiger partial charge in [-0.3, -0.25) is 19.2 Å². The summed E-state index contributed by atoms with van der Waals surface area (Å²) in [6.45, 7) is 4.90. The fraction of sp³-hybridized carbons (Fsp3) is 0.750. The average Bonchev–Trinajstić information content (AvgIpc) is 2.42. The molecule has 4 atom stereocenters. The van der Waals surface area contributed by atoms with E-state index >= 15 is 0 Å². The largest absolute Gasteiger partial charge is 0.458 e. The van der Waals surface area contributed by atoms with E-state index in [4.69, 9.17) is 18.9 Å². The van der Waals surface area contributed by atoms with Crippen molar-refractivity contribution >= 4 is 23.9 Å². The fourth-order valence-electron chi connectivity index (χ4n) is 2.79. The summed E-state index contributed by atoms with van der Waals surface area (Å²) < 4.78 is 21.1. The Morgan fingerprint density at radius 1 is 0.583 bits per heavy atom. The molecule has 1 aliphatic rings. The second kappa shape index (κ2) is 9.24. The van der Waals surface area contributed by atoms with Crippen LogP contribution in [-0.2, 0) is 38.1 Å².